The Morgan fingerprint density at radius 2 is 1.97 bits per heavy atom. The summed E-state index contributed by atoms with van der Waals surface area (Å²) in [6.45, 7) is 3.25. The van der Waals surface area contributed by atoms with Crippen LogP contribution in [0.2, 0.25) is 0 Å². The first kappa shape index (κ1) is 20.6. The van der Waals surface area contributed by atoms with Gasteiger partial charge < -0.3 is 19.7 Å². The second kappa shape index (κ2) is 9.38. The molecule has 0 fully saturated rings. The minimum Gasteiger partial charge on any atom is -0.510 e. The van der Waals surface area contributed by atoms with Gasteiger partial charge in [0.25, 0.3) is 5.22 Å². The summed E-state index contributed by atoms with van der Waals surface area (Å²) in [6, 6.07) is 14.1. The molecule has 3 rings (SSSR count). The van der Waals surface area contributed by atoms with E-state index in [1.807, 2.05) is 24.3 Å². The molecule has 0 spiro atoms. The van der Waals surface area contributed by atoms with Gasteiger partial charge in [-0.3, -0.25) is 0 Å². The van der Waals surface area contributed by atoms with Gasteiger partial charge in [-0.05, 0) is 30.2 Å². The molecule has 0 aliphatic carbocycles. The molecule has 0 saturated carbocycles. The maximum absolute atomic E-state index is 11.9. The summed E-state index contributed by atoms with van der Waals surface area (Å²) in [5, 5.41) is 28.5. The third-order valence-electron chi connectivity index (χ3n) is 4.15. The van der Waals surface area contributed by atoms with Crippen molar-refractivity contribution in [2.45, 2.75) is 25.5 Å². The summed E-state index contributed by atoms with van der Waals surface area (Å²) in [5.74, 6) is -0.503. The van der Waals surface area contributed by atoms with Gasteiger partial charge in [-0.2, -0.15) is 0 Å². The van der Waals surface area contributed by atoms with E-state index in [0.717, 1.165) is 28.1 Å². The molecule has 0 aliphatic rings. The predicted molar refractivity (Wildman–Crippen MR) is 111 cm³/mol. The Bertz CT molecular complexity index is 1070. The maximum Gasteiger partial charge on any atom is 0.343 e. The highest BCUT2D eigenvalue weighted by molar-refractivity contribution is 7.99. The number of carbonyl (C=O) groups excluding carboxylic acids is 1. The predicted octanol–water partition coefficient (Wildman–Crippen LogP) is 4.32. The highest BCUT2D eigenvalue weighted by atomic mass is 32.2. The third kappa shape index (κ3) is 5.03. The Kier molecular flexibility index (Phi) is 6.66. The molecule has 29 heavy (non-hydrogen) atoms. The van der Waals surface area contributed by atoms with Crippen LogP contribution in [0.4, 0.5) is 0 Å². The van der Waals surface area contributed by atoms with Crippen molar-refractivity contribution in [1.82, 2.24) is 10.2 Å². The minimum absolute atomic E-state index is 0.0142. The normalized spacial score (nSPS) is 11.9. The highest BCUT2D eigenvalue weighted by Gasteiger charge is 2.20. The number of rotatable bonds is 8. The molecule has 8 heteroatoms. The van der Waals surface area contributed by atoms with Crippen molar-refractivity contribution >= 4 is 34.2 Å². The third-order valence-corrected chi connectivity index (χ3v) is 4.98. The number of hydrogen-bond donors (Lipinski definition) is 2. The molecule has 0 unspecified atom stereocenters. The number of aliphatic hydroxyl groups excluding tert-OH is 1. The Hall–Kier alpha value is -3.13. The van der Waals surface area contributed by atoms with Gasteiger partial charge in [0.15, 0.2) is 0 Å². The van der Waals surface area contributed by atoms with Gasteiger partial charge in [-0.1, -0.05) is 54.2 Å². The highest BCUT2D eigenvalue weighted by Crippen LogP contribution is 2.24. The molecule has 2 N–H and O–H groups in total. The first-order valence-electron chi connectivity index (χ1n) is 9.06. The molecule has 1 aromatic heterocycles. The van der Waals surface area contributed by atoms with Gasteiger partial charge in [-0.15, -0.1) is 10.2 Å². The quantitative estimate of drug-likeness (QED) is 0.187. The fraction of sp³-hybridized carbons (Fsp3) is 0.238. The number of aliphatic hydroxyl groups is 1. The Morgan fingerprint density at radius 1 is 1.21 bits per heavy atom. The van der Waals surface area contributed by atoms with Gasteiger partial charge >= 0.3 is 5.97 Å². The van der Waals surface area contributed by atoms with Crippen molar-refractivity contribution < 1.29 is 19.1 Å². The summed E-state index contributed by atoms with van der Waals surface area (Å²) in [6.07, 6.45) is 0.490. The fourth-order valence-corrected chi connectivity index (χ4v) is 3.53. The molecule has 0 aliphatic heterocycles. The first-order chi connectivity index (χ1) is 14.0. The number of aromatic nitrogens is 2. The zero-order chi connectivity index (χ0) is 20.8. The fourth-order valence-electron chi connectivity index (χ4n) is 2.87. The van der Waals surface area contributed by atoms with E-state index >= 15 is 0 Å². The molecule has 0 bridgehead atoms. The van der Waals surface area contributed by atoms with E-state index in [4.69, 9.17) is 14.6 Å². The lowest BCUT2D eigenvalue weighted by Crippen LogP contribution is -2.16. The second-order valence-corrected chi connectivity index (χ2v) is 7.16. The topological polar surface area (TPSA) is 109 Å². The lowest BCUT2D eigenvalue weighted by Gasteiger charge is -2.08. The van der Waals surface area contributed by atoms with Gasteiger partial charge in [0.2, 0.25) is 5.89 Å². The van der Waals surface area contributed by atoms with Crippen molar-refractivity contribution in [1.29, 1.82) is 5.41 Å². The largest absolute Gasteiger partial charge is 0.510 e. The molecule has 0 amide bonds. The van der Waals surface area contributed by atoms with Crippen molar-refractivity contribution in [3.8, 4) is 0 Å². The van der Waals surface area contributed by atoms with E-state index in [0.29, 0.717) is 12.3 Å². The summed E-state index contributed by atoms with van der Waals surface area (Å²) >= 11 is 1.09. The van der Waals surface area contributed by atoms with Crippen molar-refractivity contribution in [3.63, 3.8) is 0 Å². The van der Waals surface area contributed by atoms with E-state index in [2.05, 4.69) is 28.4 Å². The van der Waals surface area contributed by atoms with Crippen LogP contribution >= 0.6 is 11.8 Å². The Labute approximate surface area is 172 Å². The van der Waals surface area contributed by atoms with E-state index < -0.39 is 5.97 Å². The molecule has 3 aromatic rings. The van der Waals surface area contributed by atoms with E-state index in [-0.39, 0.29) is 34.6 Å². The maximum atomic E-state index is 11.9. The molecule has 1 heterocycles. The van der Waals surface area contributed by atoms with Gasteiger partial charge in [0, 0.05) is 5.71 Å². The standard InChI is InChI=1S/C21H21N3O4S/c1-3-27-20(26)19(13(2)22)17(25)12-29-21-24-23-18(28-21)11-15-9-6-8-14-7-4-5-10-16(14)15/h4-10,22,25H,3,11-12H2,1-2H3/b19-17+,22-13?. The number of esters is 1. The van der Waals surface area contributed by atoms with Gasteiger partial charge in [0.05, 0.1) is 18.8 Å². The van der Waals surface area contributed by atoms with Gasteiger partial charge in [0.1, 0.15) is 11.3 Å². The van der Waals surface area contributed by atoms with E-state index in [1.54, 1.807) is 6.92 Å². The lowest BCUT2D eigenvalue weighted by atomic mass is 10.0. The van der Waals surface area contributed by atoms with Crippen molar-refractivity contribution in [3.05, 3.63) is 65.3 Å². The number of fused-ring (bicyclic) bond motifs is 1. The molecular formula is C21H21N3O4S. The van der Waals surface area contributed by atoms with Crippen LogP contribution in [0.5, 0.6) is 0 Å². The van der Waals surface area contributed by atoms with Crippen LogP contribution in [0, 0.1) is 5.41 Å². The van der Waals surface area contributed by atoms with Crippen LogP contribution in [-0.4, -0.2) is 39.3 Å². The molecule has 0 atom stereocenters. The smallest absolute Gasteiger partial charge is 0.343 e. The molecule has 2 aromatic carbocycles. The number of thioether (sulfide) groups is 1. The zero-order valence-corrected chi connectivity index (χ0v) is 17.0. The van der Waals surface area contributed by atoms with Gasteiger partial charge in [-0.25, -0.2) is 4.79 Å². The van der Waals surface area contributed by atoms with Crippen molar-refractivity contribution in [2.75, 3.05) is 12.4 Å². The summed E-state index contributed by atoms with van der Waals surface area (Å²) in [7, 11) is 0. The summed E-state index contributed by atoms with van der Waals surface area (Å²) in [4.78, 5) is 11.9. The van der Waals surface area contributed by atoms with Crippen molar-refractivity contribution in [2.24, 2.45) is 0 Å². The Morgan fingerprint density at radius 3 is 2.72 bits per heavy atom. The average Bonchev–Trinajstić information content (AvgIpc) is 3.14. The SMILES string of the molecule is CCOC(=O)/C(C(C)=N)=C(/O)CSc1nnc(Cc2cccc3ccccc23)o1. The van der Waals surface area contributed by atoms with Crippen LogP contribution in [-0.2, 0) is 16.0 Å². The van der Waals surface area contributed by atoms with Crippen LogP contribution in [0.25, 0.3) is 10.8 Å². The number of nitrogens with zero attached hydrogens (tertiary/aromatic N) is 2. The lowest BCUT2D eigenvalue weighted by molar-refractivity contribution is -0.138. The number of hydrogen-bond acceptors (Lipinski definition) is 8. The minimum atomic E-state index is -0.722. The number of nitrogens with one attached hydrogen (secondary N) is 1. The molecular weight excluding hydrogens is 390 g/mol. The summed E-state index contributed by atoms with van der Waals surface area (Å²) < 4.78 is 10.6. The first-order valence-corrected chi connectivity index (χ1v) is 10.0. The zero-order valence-electron chi connectivity index (χ0n) is 16.1. The van der Waals surface area contributed by atoms with Crippen LogP contribution in [0.3, 0.4) is 0 Å². The number of ether oxygens (including phenoxy) is 1. The van der Waals surface area contributed by atoms with Crippen LogP contribution in [0.15, 0.2) is 63.4 Å². The average molecular weight is 411 g/mol. The van der Waals surface area contributed by atoms with Crippen LogP contribution in [0.1, 0.15) is 25.3 Å². The number of benzene rings is 2. The van der Waals surface area contributed by atoms with Crippen LogP contribution < -0.4 is 0 Å². The van der Waals surface area contributed by atoms with E-state index in [9.17, 15) is 9.90 Å². The monoisotopic (exact) mass is 411 g/mol. The molecule has 150 valence electrons. The summed E-state index contributed by atoms with van der Waals surface area (Å²) in [5.41, 5.74) is 0.869. The van der Waals surface area contributed by atoms with E-state index in [1.165, 1.54) is 6.92 Å². The molecule has 7 nitrogen and oxygen atoms in total. The molecule has 0 radical (unpaired) electrons. The second-order valence-electron chi connectivity index (χ2n) is 6.23. The molecule has 0 saturated heterocycles. The number of carbonyl (C=O) groups is 1. The Balaban J connectivity index is 1.71.